The second-order valence-corrected chi connectivity index (χ2v) is 8.68. The maximum absolute atomic E-state index is 2.55. The van der Waals surface area contributed by atoms with Crippen molar-refractivity contribution >= 4 is 0 Å². The zero-order valence-electron chi connectivity index (χ0n) is 15.4. The van der Waals surface area contributed by atoms with Gasteiger partial charge in [-0.15, -0.1) is 0 Å². The second-order valence-electron chi connectivity index (χ2n) is 8.68. The predicted molar refractivity (Wildman–Crippen MR) is 106 cm³/mol. The molecule has 130 valence electrons. The molecule has 3 aliphatic carbocycles. The summed E-state index contributed by atoms with van der Waals surface area (Å²) < 4.78 is 0. The highest BCUT2D eigenvalue weighted by Crippen LogP contribution is 2.42. The van der Waals surface area contributed by atoms with Crippen LogP contribution < -0.4 is 0 Å². The average molecular weight is 331 g/mol. The van der Waals surface area contributed by atoms with Crippen molar-refractivity contribution in [3.8, 4) is 11.1 Å². The molecule has 3 aliphatic rings. The molecule has 25 heavy (non-hydrogen) atoms. The molecular formula is C25H30. The lowest BCUT2D eigenvalue weighted by Gasteiger charge is -2.22. The van der Waals surface area contributed by atoms with Gasteiger partial charge in [-0.3, -0.25) is 0 Å². The molecule has 0 radical (unpaired) electrons. The van der Waals surface area contributed by atoms with Gasteiger partial charge in [-0.1, -0.05) is 74.9 Å². The fourth-order valence-electron chi connectivity index (χ4n) is 5.63. The van der Waals surface area contributed by atoms with E-state index in [1.165, 1.54) is 75.3 Å². The van der Waals surface area contributed by atoms with Crippen LogP contribution in [0.3, 0.4) is 0 Å². The van der Waals surface area contributed by atoms with Gasteiger partial charge in [-0.2, -0.15) is 0 Å². The Hall–Kier alpha value is -1.56. The molecule has 0 spiro atoms. The van der Waals surface area contributed by atoms with Gasteiger partial charge < -0.3 is 0 Å². The lowest BCUT2D eigenvalue weighted by molar-refractivity contribution is 0.443. The van der Waals surface area contributed by atoms with Crippen molar-refractivity contribution in [2.24, 2.45) is 0 Å². The molecular weight excluding hydrogens is 300 g/mol. The van der Waals surface area contributed by atoms with Crippen molar-refractivity contribution in [1.82, 2.24) is 0 Å². The van der Waals surface area contributed by atoms with E-state index in [2.05, 4.69) is 36.4 Å². The van der Waals surface area contributed by atoms with Gasteiger partial charge in [0.1, 0.15) is 0 Å². The summed E-state index contributed by atoms with van der Waals surface area (Å²) in [7, 11) is 0. The first-order valence-corrected chi connectivity index (χ1v) is 10.6. The summed E-state index contributed by atoms with van der Waals surface area (Å²) in [6, 6.07) is 14.8. The lowest BCUT2D eigenvalue weighted by atomic mass is 9.83. The highest BCUT2D eigenvalue weighted by molar-refractivity contribution is 5.77. The molecule has 2 saturated carbocycles. The quantitative estimate of drug-likeness (QED) is 0.460. The molecule has 2 fully saturated rings. The van der Waals surface area contributed by atoms with Crippen LogP contribution in [0, 0.1) is 0 Å². The van der Waals surface area contributed by atoms with Crippen molar-refractivity contribution in [3.63, 3.8) is 0 Å². The molecule has 0 heterocycles. The van der Waals surface area contributed by atoms with Crippen LogP contribution >= 0.6 is 0 Å². The number of hydrogen-bond acceptors (Lipinski definition) is 0. The number of fused-ring (bicyclic) bond motifs is 3. The highest BCUT2D eigenvalue weighted by Gasteiger charge is 2.23. The van der Waals surface area contributed by atoms with E-state index in [0.717, 1.165) is 18.3 Å². The Morgan fingerprint density at radius 1 is 0.520 bits per heavy atom. The Morgan fingerprint density at radius 3 is 1.40 bits per heavy atom. The summed E-state index contributed by atoms with van der Waals surface area (Å²) >= 11 is 0. The van der Waals surface area contributed by atoms with E-state index in [0.29, 0.717) is 0 Å². The van der Waals surface area contributed by atoms with Crippen molar-refractivity contribution in [3.05, 3.63) is 58.7 Å². The summed E-state index contributed by atoms with van der Waals surface area (Å²) in [6.07, 6.45) is 15.3. The minimum Gasteiger partial charge on any atom is -0.0581 e. The van der Waals surface area contributed by atoms with Gasteiger partial charge in [0.15, 0.2) is 0 Å². The van der Waals surface area contributed by atoms with E-state index in [4.69, 9.17) is 0 Å². The van der Waals surface area contributed by atoms with Gasteiger partial charge in [-0.25, -0.2) is 0 Å². The number of rotatable bonds is 2. The first-order valence-electron chi connectivity index (χ1n) is 10.6. The first-order chi connectivity index (χ1) is 12.4. The molecule has 0 aromatic heterocycles. The predicted octanol–water partition coefficient (Wildman–Crippen LogP) is 7.35. The third kappa shape index (κ3) is 2.94. The molecule has 5 rings (SSSR count). The molecule has 0 aliphatic heterocycles. The Labute approximate surface area is 152 Å². The first kappa shape index (κ1) is 15.7. The van der Waals surface area contributed by atoms with Gasteiger partial charge in [-0.05, 0) is 77.3 Å². The van der Waals surface area contributed by atoms with E-state index >= 15 is 0 Å². The summed E-state index contributed by atoms with van der Waals surface area (Å²) in [6.45, 7) is 0. The summed E-state index contributed by atoms with van der Waals surface area (Å²) in [5.74, 6) is 1.64. The van der Waals surface area contributed by atoms with Gasteiger partial charge >= 0.3 is 0 Å². The third-order valence-corrected chi connectivity index (χ3v) is 7.08. The fourth-order valence-corrected chi connectivity index (χ4v) is 5.63. The maximum Gasteiger partial charge on any atom is -0.00132 e. The molecule has 0 saturated heterocycles. The third-order valence-electron chi connectivity index (χ3n) is 7.08. The van der Waals surface area contributed by atoms with Crippen molar-refractivity contribution < 1.29 is 0 Å². The number of benzene rings is 2. The van der Waals surface area contributed by atoms with Gasteiger partial charge in [0.05, 0.1) is 0 Å². The normalized spacial score (nSPS) is 21.1. The van der Waals surface area contributed by atoms with Crippen LogP contribution in [-0.4, -0.2) is 0 Å². The standard InChI is InChI=1S/C25H30/c1-3-7-18(8-4-1)20-11-13-24-22(15-20)17-23-16-21(12-14-25(23)24)19-9-5-2-6-10-19/h11-16,18-19H,1-10,17H2. The van der Waals surface area contributed by atoms with Crippen LogP contribution in [0.15, 0.2) is 36.4 Å². The Bertz CT molecular complexity index is 692. The molecule has 0 N–H and O–H groups in total. The van der Waals surface area contributed by atoms with Crippen LogP contribution in [0.25, 0.3) is 11.1 Å². The minimum atomic E-state index is 0.820. The van der Waals surface area contributed by atoms with Gasteiger partial charge in [0, 0.05) is 0 Å². The van der Waals surface area contributed by atoms with Crippen LogP contribution in [0.1, 0.15) is 98.3 Å². The zero-order valence-corrected chi connectivity index (χ0v) is 15.4. The van der Waals surface area contributed by atoms with E-state index in [9.17, 15) is 0 Å². The monoisotopic (exact) mass is 330 g/mol. The van der Waals surface area contributed by atoms with Crippen LogP contribution in [0.4, 0.5) is 0 Å². The average Bonchev–Trinajstić information content (AvgIpc) is 3.06. The second kappa shape index (κ2) is 6.63. The molecule has 0 nitrogen and oxygen atoms in total. The largest absolute Gasteiger partial charge is 0.0581 e. The van der Waals surface area contributed by atoms with Crippen molar-refractivity contribution in [2.45, 2.75) is 82.5 Å². The van der Waals surface area contributed by atoms with E-state index in [1.54, 1.807) is 22.3 Å². The van der Waals surface area contributed by atoms with Crippen LogP contribution in [0.2, 0.25) is 0 Å². The van der Waals surface area contributed by atoms with Gasteiger partial charge in [0.25, 0.3) is 0 Å². The van der Waals surface area contributed by atoms with Crippen molar-refractivity contribution in [1.29, 1.82) is 0 Å². The highest BCUT2D eigenvalue weighted by atomic mass is 14.3. The van der Waals surface area contributed by atoms with Crippen LogP contribution in [-0.2, 0) is 6.42 Å². The van der Waals surface area contributed by atoms with E-state index < -0.39 is 0 Å². The van der Waals surface area contributed by atoms with Crippen molar-refractivity contribution in [2.75, 3.05) is 0 Å². The summed E-state index contributed by atoms with van der Waals surface area (Å²) in [5.41, 5.74) is 9.39. The SMILES string of the molecule is c1cc2c(cc1C1CCCCC1)Cc1cc(C3CCCCC3)ccc1-2. The summed E-state index contributed by atoms with van der Waals surface area (Å²) in [5, 5.41) is 0. The molecule has 2 aromatic carbocycles. The minimum absolute atomic E-state index is 0.820. The Kier molecular flexibility index (Phi) is 4.16. The van der Waals surface area contributed by atoms with E-state index in [-0.39, 0.29) is 0 Å². The summed E-state index contributed by atoms with van der Waals surface area (Å²) in [4.78, 5) is 0. The molecule has 0 bridgehead atoms. The molecule has 0 unspecified atom stereocenters. The number of hydrogen-bond donors (Lipinski definition) is 0. The topological polar surface area (TPSA) is 0 Å². The van der Waals surface area contributed by atoms with Crippen LogP contribution in [0.5, 0.6) is 0 Å². The van der Waals surface area contributed by atoms with Gasteiger partial charge in [0.2, 0.25) is 0 Å². The molecule has 0 atom stereocenters. The zero-order chi connectivity index (χ0) is 16.6. The smallest absolute Gasteiger partial charge is 0.00132 e. The molecule has 2 aromatic rings. The Morgan fingerprint density at radius 2 is 0.960 bits per heavy atom. The lowest BCUT2D eigenvalue weighted by Crippen LogP contribution is -2.04. The maximum atomic E-state index is 2.55. The molecule has 0 amide bonds. The van der Waals surface area contributed by atoms with E-state index in [1.807, 2.05) is 0 Å². The Balaban J connectivity index is 1.42. The fraction of sp³-hybridized carbons (Fsp3) is 0.520. The molecule has 0 heteroatoms.